The third kappa shape index (κ3) is 3.69. The summed E-state index contributed by atoms with van der Waals surface area (Å²) >= 11 is 0. The molecule has 0 N–H and O–H groups in total. The van der Waals surface area contributed by atoms with Crippen LogP contribution in [0.2, 0.25) is 0 Å². The van der Waals surface area contributed by atoms with Gasteiger partial charge in [0.15, 0.2) is 0 Å². The fourth-order valence-electron chi connectivity index (χ4n) is 3.05. The first-order valence-corrected chi connectivity index (χ1v) is 9.28. The van der Waals surface area contributed by atoms with Gasteiger partial charge in [0.05, 0.1) is 17.6 Å². The van der Waals surface area contributed by atoms with Crippen molar-refractivity contribution in [3.8, 4) is 33.6 Å². The molecule has 4 aromatic heterocycles. The van der Waals surface area contributed by atoms with Gasteiger partial charge in [-0.3, -0.25) is 19.6 Å². The lowest BCUT2D eigenvalue weighted by Gasteiger charge is -2.20. The monoisotopic (exact) mass is 369 g/mol. The highest BCUT2D eigenvalue weighted by atomic mass is 15.2. The van der Waals surface area contributed by atoms with E-state index in [0.717, 1.165) is 39.3 Å². The summed E-state index contributed by atoms with van der Waals surface area (Å²) in [5.74, 6) is 0. The van der Waals surface area contributed by atoms with Gasteiger partial charge in [0.25, 0.3) is 0 Å². The van der Waals surface area contributed by atoms with E-state index in [1.165, 1.54) is 0 Å². The zero-order chi connectivity index (χ0) is 19.7. The minimum atomic E-state index is -0.0755. The van der Waals surface area contributed by atoms with Crippen molar-refractivity contribution in [2.45, 2.75) is 26.2 Å². The van der Waals surface area contributed by atoms with Crippen LogP contribution in [0.25, 0.3) is 33.6 Å². The third-order valence-corrected chi connectivity index (χ3v) is 4.63. The Morgan fingerprint density at radius 1 is 0.821 bits per heavy atom. The van der Waals surface area contributed by atoms with Crippen molar-refractivity contribution in [2.75, 3.05) is 0 Å². The highest BCUT2D eigenvalue weighted by Gasteiger charge is 2.19. The highest BCUT2D eigenvalue weighted by molar-refractivity contribution is 5.74. The summed E-state index contributed by atoms with van der Waals surface area (Å²) in [7, 11) is 1.92. The second-order valence-electron chi connectivity index (χ2n) is 7.96. The lowest BCUT2D eigenvalue weighted by atomic mass is 9.89. The van der Waals surface area contributed by atoms with Crippen LogP contribution in [0, 0.1) is 0 Å². The number of nitrogens with zero attached hydrogens (tertiary/aromatic N) is 5. The van der Waals surface area contributed by atoms with Crippen LogP contribution in [0.4, 0.5) is 0 Å². The van der Waals surface area contributed by atoms with Gasteiger partial charge < -0.3 is 0 Å². The van der Waals surface area contributed by atoms with Crippen LogP contribution >= 0.6 is 0 Å². The minimum absolute atomic E-state index is 0.0755. The standard InChI is InChI=1S/C23H23N5/c1-23(2,3)22-11-16(10-21(27-22)20-7-5-6-8-25-20)17-9-18(13-24-12-17)19-14-26-28(4)15-19/h5-15H,1-4H3. The van der Waals surface area contributed by atoms with Gasteiger partial charge in [0, 0.05) is 59.6 Å². The average Bonchev–Trinajstić information content (AvgIpc) is 3.14. The molecule has 5 heteroatoms. The lowest BCUT2D eigenvalue weighted by Crippen LogP contribution is -2.14. The van der Waals surface area contributed by atoms with Gasteiger partial charge in [0.1, 0.15) is 0 Å². The molecule has 5 nitrogen and oxygen atoms in total. The summed E-state index contributed by atoms with van der Waals surface area (Å²) in [5.41, 5.74) is 6.91. The number of aryl methyl sites for hydroxylation is 1. The predicted octanol–water partition coefficient (Wildman–Crippen LogP) is 4.90. The van der Waals surface area contributed by atoms with E-state index >= 15 is 0 Å². The highest BCUT2D eigenvalue weighted by Crippen LogP contribution is 2.31. The Labute approximate surface area is 165 Å². The average molecular weight is 369 g/mol. The fourth-order valence-corrected chi connectivity index (χ4v) is 3.05. The van der Waals surface area contributed by atoms with Crippen LogP contribution in [0.3, 0.4) is 0 Å². The largest absolute Gasteiger partial charge is 0.275 e. The normalized spacial score (nSPS) is 11.6. The summed E-state index contributed by atoms with van der Waals surface area (Å²) in [6, 6.07) is 12.3. The SMILES string of the molecule is Cn1cc(-c2cncc(-c3cc(-c4ccccn4)nc(C(C)(C)C)c3)c2)cn1. The maximum atomic E-state index is 4.89. The number of hydrogen-bond donors (Lipinski definition) is 0. The Kier molecular flexibility index (Phi) is 4.51. The van der Waals surface area contributed by atoms with Crippen molar-refractivity contribution >= 4 is 0 Å². The van der Waals surface area contributed by atoms with Gasteiger partial charge in [-0.15, -0.1) is 0 Å². The van der Waals surface area contributed by atoms with E-state index in [2.05, 4.69) is 54.0 Å². The van der Waals surface area contributed by atoms with Crippen LogP contribution in [0.5, 0.6) is 0 Å². The first-order chi connectivity index (χ1) is 13.4. The summed E-state index contributed by atoms with van der Waals surface area (Å²) in [6.45, 7) is 6.52. The van der Waals surface area contributed by atoms with Crippen LogP contribution in [0.15, 0.2) is 67.4 Å². The van der Waals surface area contributed by atoms with Crippen molar-refractivity contribution in [1.29, 1.82) is 0 Å². The minimum Gasteiger partial charge on any atom is -0.275 e. The van der Waals surface area contributed by atoms with E-state index in [4.69, 9.17) is 4.98 Å². The van der Waals surface area contributed by atoms with Crippen LogP contribution < -0.4 is 0 Å². The number of hydrogen-bond acceptors (Lipinski definition) is 4. The third-order valence-electron chi connectivity index (χ3n) is 4.63. The predicted molar refractivity (Wildman–Crippen MR) is 112 cm³/mol. The van der Waals surface area contributed by atoms with E-state index in [1.807, 2.05) is 50.0 Å². The molecule has 0 aliphatic rings. The van der Waals surface area contributed by atoms with Gasteiger partial charge >= 0.3 is 0 Å². The lowest BCUT2D eigenvalue weighted by molar-refractivity contribution is 0.570. The molecule has 0 saturated heterocycles. The quantitative estimate of drug-likeness (QED) is 0.515. The van der Waals surface area contributed by atoms with Crippen molar-refractivity contribution in [1.82, 2.24) is 24.7 Å². The zero-order valence-electron chi connectivity index (χ0n) is 16.6. The van der Waals surface area contributed by atoms with E-state index in [-0.39, 0.29) is 5.41 Å². The van der Waals surface area contributed by atoms with Crippen LogP contribution in [-0.2, 0) is 12.5 Å². The molecule has 140 valence electrons. The van der Waals surface area contributed by atoms with Crippen LogP contribution in [0.1, 0.15) is 26.5 Å². The molecule has 0 unspecified atom stereocenters. The number of pyridine rings is 3. The molecular formula is C23H23N5. The Hall–Kier alpha value is -3.34. The molecule has 0 fully saturated rings. The fraction of sp³-hybridized carbons (Fsp3) is 0.217. The molecular weight excluding hydrogens is 346 g/mol. The Morgan fingerprint density at radius 3 is 2.25 bits per heavy atom. The van der Waals surface area contributed by atoms with E-state index < -0.39 is 0 Å². The second-order valence-corrected chi connectivity index (χ2v) is 7.96. The van der Waals surface area contributed by atoms with E-state index in [1.54, 1.807) is 10.9 Å². The topological polar surface area (TPSA) is 56.5 Å². The smallest absolute Gasteiger partial charge is 0.0895 e. The maximum Gasteiger partial charge on any atom is 0.0895 e. The second kappa shape index (κ2) is 7.00. The summed E-state index contributed by atoms with van der Waals surface area (Å²) in [4.78, 5) is 13.8. The van der Waals surface area contributed by atoms with E-state index in [0.29, 0.717) is 0 Å². The number of rotatable bonds is 3. The van der Waals surface area contributed by atoms with Crippen molar-refractivity contribution in [3.63, 3.8) is 0 Å². The number of aromatic nitrogens is 5. The molecule has 4 rings (SSSR count). The van der Waals surface area contributed by atoms with Gasteiger partial charge in [-0.05, 0) is 35.9 Å². The molecule has 0 radical (unpaired) electrons. The zero-order valence-corrected chi connectivity index (χ0v) is 16.6. The molecule has 4 aromatic rings. The van der Waals surface area contributed by atoms with Gasteiger partial charge in [-0.2, -0.15) is 5.10 Å². The summed E-state index contributed by atoms with van der Waals surface area (Å²) < 4.78 is 1.80. The molecule has 4 heterocycles. The maximum absolute atomic E-state index is 4.89. The first-order valence-electron chi connectivity index (χ1n) is 9.28. The molecule has 28 heavy (non-hydrogen) atoms. The van der Waals surface area contributed by atoms with Crippen molar-refractivity contribution < 1.29 is 0 Å². The van der Waals surface area contributed by atoms with Crippen LogP contribution in [-0.4, -0.2) is 24.7 Å². The van der Waals surface area contributed by atoms with Crippen molar-refractivity contribution in [2.24, 2.45) is 7.05 Å². The molecule has 0 amide bonds. The Morgan fingerprint density at radius 2 is 1.61 bits per heavy atom. The molecule has 0 saturated carbocycles. The molecule has 0 aliphatic carbocycles. The van der Waals surface area contributed by atoms with E-state index in [9.17, 15) is 0 Å². The molecule has 0 spiro atoms. The molecule has 0 atom stereocenters. The summed E-state index contributed by atoms with van der Waals surface area (Å²) in [5, 5.41) is 4.27. The van der Waals surface area contributed by atoms with Gasteiger partial charge in [-0.25, -0.2) is 0 Å². The summed E-state index contributed by atoms with van der Waals surface area (Å²) in [6.07, 6.45) is 9.40. The first kappa shape index (κ1) is 18.0. The molecule has 0 bridgehead atoms. The van der Waals surface area contributed by atoms with Gasteiger partial charge in [-0.1, -0.05) is 26.8 Å². The Bertz CT molecular complexity index is 1110. The Balaban J connectivity index is 1.85. The molecule has 0 aliphatic heterocycles. The van der Waals surface area contributed by atoms with Crippen molar-refractivity contribution in [3.05, 3.63) is 73.1 Å². The molecule has 0 aromatic carbocycles. The van der Waals surface area contributed by atoms with Gasteiger partial charge in [0.2, 0.25) is 0 Å².